The molecular formula is C27H25N5O2. The Labute approximate surface area is 197 Å². The normalized spacial score (nSPS) is 25.6. The minimum absolute atomic E-state index is 0.0120. The van der Waals surface area contributed by atoms with Gasteiger partial charge < -0.3 is 14.2 Å². The largest absolute Gasteiger partial charge is 0.459 e. The number of rotatable bonds is 3. The van der Waals surface area contributed by atoms with E-state index in [0.29, 0.717) is 11.6 Å². The third kappa shape index (κ3) is 2.76. The van der Waals surface area contributed by atoms with Crippen LogP contribution in [-0.4, -0.2) is 51.9 Å². The lowest BCUT2D eigenvalue weighted by Gasteiger charge is -2.29. The fraction of sp³-hybridized carbons (Fsp3) is 0.333. The van der Waals surface area contributed by atoms with E-state index in [4.69, 9.17) is 14.4 Å². The molecular weight excluding hydrogens is 426 g/mol. The van der Waals surface area contributed by atoms with Gasteiger partial charge in [0.2, 0.25) is 0 Å². The zero-order valence-corrected chi connectivity index (χ0v) is 18.9. The van der Waals surface area contributed by atoms with E-state index >= 15 is 0 Å². The summed E-state index contributed by atoms with van der Waals surface area (Å²) in [6.07, 6.45) is 8.67. The predicted molar refractivity (Wildman–Crippen MR) is 128 cm³/mol. The van der Waals surface area contributed by atoms with Gasteiger partial charge in [-0.1, -0.05) is 18.6 Å². The van der Waals surface area contributed by atoms with Gasteiger partial charge in [-0.15, -0.1) is 0 Å². The van der Waals surface area contributed by atoms with Crippen molar-refractivity contribution in [2.75, 3.05) is 31.1 Å². The minimum Gasteiger partial charge on any atom is -0.459 e. The van der Waals surface area contributed by atoms with Crippen molar-refractivity contribution in [1.82, 2.24) is 19.9 Å². The van der Waals surface area contributed by atoms with Crippen LogP contribution in [0.4, 0.5) is 5.82 Å². The van der Waals surface area contributed by atoms with Crippen LogP contribution in [0.1, 0.15) is 29.8 Å². The molecule has 3 aliphatic rings. The highest BCUT2D eigenvalue weighted by molar-refractivity contribution is 5.93. The number of likely N-dealkylation sites (tertiary alicyclic amines) is 1. The Kier molecular flexibility index (Phi) is 4.13. The number of benzene rings is 1. The van der Waals surface area contributed by atoms with E-state index in [-0.39, 0.29) is 16.7 Å². The third-order valence-electron chi connectivity index (χ3n) is 8.23. The Bertz CT molecular complexity index is 1370. The number of hydrogen-bond donors (Lipinski definition) is 0. The van der Waals surface area contributed by atoms with Crippen LogP contribution in [0.5, 0.6) is 0 Å². The van der Waals surface area contributed by atoms with E-state index in [1.54, 1.807) is 24.6 Å². The van der Waals surface area contributed by atoms with E-state index in [2.05, 4.69) is 28.1 Å². The summed E-state index contributed by atoms with van der Waals surface area (Å²) in [6, 6.07) is 15.7. The minimum atomic E-state index is 0.0120. The quantitative estimate of drug-likeness (QED) is 0.459. The van der Waals surface area contributed by atoms with Crippen molar-refractivity contribution in [3.05, 3.63) is 72.9 Å². The predicted octanol–water partition coefficient (Wildman–Crippen LogP) is 4.42. The molecule has 0 radical (unpaired) electrons. The molecule has 0 N–H and O–H groups in total. The molecule has 170 valence electrons. The number of furan rings is 1. The standard InChI is InChI=1S/C27H25N5O2/c33-25(22-9-4-13-34-22)32-17-26-10-5-11-27(26,18-32)16-31(15-26)24-20-7-1-2-8-21(20)29-23(30-24)19-6-3-12-28-14-19/h1-4,6-9,12-14H,5,10-11,15-18H2. The van der Waals surface area contributed by atoms with Gasteiger partial charge in [0, 0.05) is 60.4 Å². The Hall–Kier alpha value is -3.74. The second-order valence-electron chi connectivity index (χ2n) is 10.0. The van der Waals surface area contributed by atoms with Gasteiger partial charge in [0.1, 0.15) is 5.82 Å². The Morgan fingerprint density at radius 1 is 0.912 bits per heavy atom. The van der Waals surface area contributed by atoms with Gasteiger partial charge in [0.15, 0.2) is 11.6 Å². The van der Waals surface area contributed by atoms with E-state index in [1.165, 1.54) is 6.42 Å². The third-order valence-corrected chi connectivity index (χ3v) is 8.23. The number of aromatic nitrogens is 3. The van der Waals surface area contributed by atoms with Crippen molar-refractivity contribution >= 4 is 22.6 Å². The molecule has 7 rings (SSSR count). The number of fused-ring (bicyclic) bond motifs is 1. The number of anilines is 1. The molecule has 1 aliphatic carbocycles. The van der Waals surface area contributed by atoms with E-state index in [9.17, 15) is 4.79 Å². The molecule has 2 aliphatic heterocycles. The maximum Gasteiger partial charge on any atom is 0.289 e. The van der Waals surface area contributed by atoms with Crippen molar-refractivity contribution in [3.63, 3.8) is 0 Å². The molecule has 2 unspecified atom stereocenters. The van der Waals surface area contributed by atoms with Gasteiger partial charge in [-0.3, -0.25) is 9.78 Å². The van der Waals surface area contributed by atoms with Gasteiger partial charge in [-0.2, -0.15) is 0 Å². The first-order valence-corrected chi connectivity index (χ1v) is 11.9. The van der Waals surface area contributed by atoms with Crippen molar-refractivity contribution in [2.24, 2.45) is 10.8 Å². The average molecular weight is 452 g/mol. The maximum absolute atomic E-state index is 13.1. The highest BCUT2D eigenvalue weighted by Gasteiger charge is 2.66. The lowest BCUT2D eigenvalue weighted by Crippen LogP contribution is -2.37. The molecule has 34 heavy (non-hydrogen) atoms. The van der Waals surface area contributed by atoms with Crippen molar-refractivity contribution in [3.8, 4) is 11.4 Å². The van der Waals surface area contributed by atoms with Crippen molar-refractivity contribution in [1.29, 1.82) is 0 Å². The van der Waals surface area contributed by atoms with Crippen molar-refractivity contribution in [2.45, 2.75) is 19.3 Å². The molecule has 2 atom stereocenters. The summed E-state index contributed by atoms with van der Waals surface area (Å²) in [4.78, 5) is 31.7. The number of carbonyl (C=O) groups excluding carboxylic acids is 1. The van der Waals surface area contributed by atoms with Gasteiger partial charge in [0.25, 0.3) is 5.91 Å². The topological polar surface area (TPSA) is 75.4 Å². The summed E-state index contributed by atoms with van der Waals surface area (Å²) in [5.41, 5.74) is 2.05. The Morgan fingerprint density at radius 2 is 1.74 bits per heavy atom. The van der Waals surface area contributed by atoms with Crippen molar-refractivity contribution < 1.29 is 9.21 Å². The van der Waals surface area contributed by atoms with Gasteiger partial charge in [0.05, 0.1) is 11.8 Å². The number of nitrogens with zero attached hydrogens (tertiary/aromatic N) is 5. The fourth-order valence-electron chi connectivity index (χ4n) is 6.73. The zero-order chi connectivity index (χ0) is 22.8. The van der Waals surface area contributed by atoms with Crippen LogP contribution < -0.4 is 4.90 Å². The van der Waals surface area contributed by atoms with Crippen LogP contribution in [0.15, 0.2) is 71.6 Å². The summed E-state index contributed by atoms with van der Waals surface area (Å²) in [5, 5.41) is 1.07. The van der Waals surface area contributed by atoms with Crippen LogP contribution in [-0.2, 0) is 0 Å². The van der Waals surface area contributed by atoms with Crippen LogP contribution in [0.2, 0.25) is 0 Å². The van der Waals surface area contributed by atoms with Crippen LogP contribution >= 0.6 is 0 Å². The molecule has 1 saturated carbocycles. The first-order chi connectivity index (χ1) is 16.7. The monoisotopic (exact) mass is 451 g/mol. The van der Waals surface area contributed by atoms with Crippen LogP contribution in [0.25, 0.3) is 22.3 Å². The van der Waals surface area contributed by atoms with Crippen LogP contribution in [0.3, 0.4) is 0 Å². The summed E-state index contributed by atoms with van der Waals surface area (Å²) in [6.45, 7) is 3.37. The number of hydrogen-bond acceptors (Lipinski definition) is 6. The first-order valence-electron chi connectivity index (χ1n) is 11.9. The number of amides is 1. The van der Waals surface area contributed by atoms with Gasteiger partial charge in [-0.05, 0) is 49.2 Å². The van der Waals surface area contributed by atoms with Gasteiger partial charge in [-0.25, -0.2) is 9.97 Å². The molecule has 1 amide bonds. The highest BCUT2D eigenvalue weighted by Crippen LogP contribution is 2.62. The summed E-state index contributed by atoms with van der Waals surface area (Å²) < 4.78 is 5.42. The SMILES string of the molecule is O=C(c1ccco1)N1CC23CCCC2(C1)CN(c1nc(-c2cccnc2)nc2ccccc12)C3. The number of carbonyl (C=O) groups is 1. The van der Waals surface area contributed by atoms with E-state index in [0.717, 1.165) is 61.3 Å². The fourth-order valence-corrected chi connectivity index (χ4v) is 6.73. The molecule has 0 bridgehead atoms. The summed E-state index contributed by atoms with van der Waals surface area (Å²) >= 11 is 0. The molecule has 1 aromatic carbocycles. The van der Waals surface area contributed by atoms with Crippen LogP contribution in [0, 0.1) is 10.8 Å². The van der Waals surface area contributed by atoms with E-state index in [1.807, 2.05) is 29.3 Å². The molecule has 5 heterocycles. The first kappa shape index (κ1) is 19.7. The molecule has 3 fully saturated rings. The lowest BCUT2D eigenvalue weighted by molar-refractivity contribution is 0.0732. The molecule has 7 nitrogen and oxygen atoms in total. The highest BCUT2D eigenvalue weighted by atomic mass is 16.3. The summed E-state index contributed by atoms with van der Waals surface area (Å²) in [7, 11) is 0. The maximum atomic E-state index is 13.1. The Morgan fingerprint density at radius 3 is 2.47 bits per heavy atom. The molecule has 4 aromatic rings. The second kappa shape index (κ2) is 7.13. The second-order valence-corrected chi connectivity index (χ2v) is 10.0. The zero-order valence-electron chi connectivity index (χ0n) is 18.9. The van der Waals surface area contributed by atoms with E-state index < -0.39 is 0 Å². The average Bonchev–Trinajstić information content (AvgIpc) is 3.61. The molecule has 2 saturated heterocycles. The molecule has 7 heteroatoms. The lowest BCUT2D eigenvalue weighted by atomic mass is 9.71. The number of para-hydroxylation sites is 1. The Balaban J connectivity index is 1.27. The molecule has 3 aromatic heterocycles. The van der Waals surface area contributed by atoms with Gasteiger partial charge >= 0.3 is 0 Å². The molecule has 0 spiro atoms. The number of pyridine rings is 1. The smallest absolute Gasteiger partial charge is 0.289 e. The summed E-state index contributed by atoms with van der Waals surface area (Å²) in [5.74, 6) is 2.14.